The van der Waals surface area contributed by atoms with Crippen LogP contribution in [0.3, 0.4) is 0 Å². The van der Waals surface area contributed by atoms with Crippen LogP contribution in [-0.2, 0) is 9.59 Å². The van der Waals surface area contributed by atoms with Gasteiger partial charge in [-0.25, -0.2) is 0 Å². The highest BCUT2D eigenvalue weighted by molar-refractivity contribution is 8.00. The molecule has 0 spiro atoms. The molecule has 11 nitrogen and oxygen atoms in total. The number of hydrogen-bond acceptors (Lipinski definition) is 8. The van der Waals surface area contributed by atoms with Crippen LogP contribution in [-0.4, -0.2) is 34.2 Å². The fraction of sp³-hybridized carbons (Fsp3) is 0.0227. The van der Waals surface area contributed by atoms with Crippen LogP contribution in [0.5, 0.6) is 0 Å². The number of thioether (sulfide) groups is 1. The van der Waals surface area contributed by atoms with Crippen molar-refractivity contribution < 1.29 is 28.9 Å². The van der Waals surface area contributed by atoms with Crippen molar-refractivity contribution in [2.45, 2.75) is 10.1 Å². The summed E-state index contributed by atoms with van der Waals surface area (Å²) >= 11 is 1.23. The molecule has 0 saturated heterocycles. The van der Waals surface area contributed by atoms with Crippen molar-refractivity contribution in [2.75, 3.05) is 10.6 Å². The molecule has 1 aliphatic carbocycles. The Morgan fingerprint density at radius 1 is 0.643 bits per heavy atom. The number of nitro groups is 1. The van der Waals surface area contributed by atoms with Crippen LogP contribution in [0.15, 0.2) is 162 Å². The Kier molecular flexibility index (Phi) is 10.7. The van der Waals surface area contributed by atoms with Gasteiger partial charge >= 0.3 is 0 Å². The molecule has 1 aliphatic rings. The Balaban J connectivity index is 1.12. The maximum absolute atomic E-state index is 14.1. The van der Waals surface area contributed by atoms with Crippen LogP contribution in [0.25, 0.3) is 6.08 Å². The fourth-order valence-corrected chi connectivity index (χ4v) is 7.20. The number of amides is 3. The number of rotatable bonds is 11. The number of nitrogens with zero attached hydrogens (tertiary/aromatic N) is 1. The summed E-state index contributed by atoms with van der Waals surface area (Å²) in [6, 6.07) is 41.2. The predicted octanol–water partition coefficient (Wildman–Crippen LogP) is 8.25. The summed E-state index contributed by atoms with van der Waals surface area (Å²) < 4.78 is 0. The molecule has 6 aromatic rings. The van der Waals surface area contributed by atoms with Gasteiger partial charge in [0.15, 0.2) is 11.6 Å². The number of nitro benzene ring substituents is 1. The van der Waals surface area contributed by atoms with E-state index in [0.29, 0.717) is 21.7 Å². The maximum atomic E-state index is 14.1. The van der Waals surface area contributed by atoms with Gasteiger partial charge in [0.05, 0.1) is 21.7 Å². The van der Waals surface area contributed by atoms with Gasteiger partial charge in [-0.15, -0.1) is 11.8 Å². The maximum Gasteiger partial charge on any atom is 0.276 e. The Morgan fingerprint density at radius 2 is 1.25 bits per heavy atom. The number of anilines is 2. The lowest BCUT2D eigenvalue weighted by Gasteiger charge is -2.22. The second kappa shape index (κ2) is 16.3. The van der Waals surface area contributed by atoms with E-state index in [0.717, 1.165) is 0 Å². The van der Waals surface area contributed by atoms with Crippen LogP contribution in [0.2, 0.25) is 0 Å². The molecule has 0 bridgehead atoms. The molecule has 274 valence electrons. The quantitative estimate of drug-likeness (QED) is 0.0514. The lowest BCUT2D eigenvalue weighted by Crippen LogP contribution is -2.30. The summed E-state index contributed by atoms with van der Waals surface area (Å²) in [7, 11) is 0. The summed E-state index contributed by atoms with van der Waals surface area (Å²) in [5.74, 6) is -2.39. The molecular weight excluding hydrogens is 729 g/mol. The minimum absolute atomic E-state index is 0.116. The highest BCUT2D eigenvalue weighted by Gasteiger charge is 2.33. The molecule has 0 heterocycles. The lowest BCUT2D eigenvalue weighted by atomic mass is 9.83. The zero-order chi connectivity index (χ0) is 39.2. The summed E-state index contributed by atoms with van der Waals surface area (Å²) in [6.45, 7) is 0. The van der Waals surface area contributed by atoms with Crippen molar-refractivity contribution in [3.63, 3.8) is 0 Å². The molecule has 0 aromatic heterocycles. The van der Waals surface area contributed by atoms with Crippen LogP contribution in [0.1, 0.15) is 58.6 Å². The molecule has 7 rings (SSSR count). The van der Waals surface area contributed by atoms with E-state index < -0.39 is 27.9 Å². The Labute approximate surface area is 324 Å². The van der Waals surface area contributed by atoms with Crippen molar-refractivity contribution in [1.82, 2.24) is 5.32 Å². The van der Waals surface area contributed by atoms with Gasteiger partial charge in [0.1, 0.15) is 10.9 Å². The van der Waals surface area contributed by atoms with E-state index in [-0.39, 0.29) is 56.5 Å². The summed E-state index contributed by atoms with van der Waals surface area (Å²) in [5, 5.41) is 19.1. The monoisotopic (exact) mass is 758 g/mol. The standard InChI is InChI=1S/C44H30N4O7S/c49-39-32-17-8-9-18-33(32)40(50)38-34(39)19-11-20-35(38)46-44(53)41(27-12-3-1-4-13-27)56-31-24-22-30(23-25-31)45-43(52)36(47-42(51)28-14-5-2-6-15-28)26-29-16-7-10-21-37(29)48(54)55/h1-26,41H,(H,45,52)(H,46,53)(H,47,51)/b36-26-. The Bertz CT molecular complexity index is 2560. The molecule has 1 unspecified atom stereocenters. The van der Waals surface area contributed by atoms with E-state index in [1.54, 1.807) is 103 Å². The molecule has 1 atom stereocenters. The highest BCUT2D eigenvalue weighted by atomic mass is 32.2. The van der Waals surface area contributed by atoms with E-state index in [1.165, 1.54) is 36.0 Å². The summed E-state index contributed by atoms with van der Waals surface area (Å²) in [6.07, 6.45) is 1.24. The first-order valence-corrected chi connectivity index (χ1v) is 18.1. The SMILES string of the molecule is O=C(Nc1ccc(SC(C(=O)Nc2cccc3c2C(=O)c2ccccc2C3=O)c2ccccc2)cc1)/C(=C/c1ccccc1[N+](=O)[O-])NC(=O)c1ccccc1. The van der Waals surface area contributed by atoms with Gasteiger partial charge in [-0.1, -0.05) is 97.1 Å². The topological polar surface area (TPSA) is 165 Å². The summed E-state index contributed by atoms with van der Waals surface area (Å²) in [4.78, 5) is 79.4. The molecule has 0 aliphatic heterocycles. The highest BCUT2D eigenvalue weighted by Crippen LogP contribution is 2.38. The zero-order valence-corrected chi connectivity index (χ0v) is 30.1. The van der Waals surface area contributed by atoms with Crippen molar-refractivity contribution >= 4 is 64.2 Å². The van der Waals surface area contributed by atoms with E-state index in [9.17, 15) is 34.1 Å². The number of fused-ring (bicyclic) bond motifs is 2. The first-order valence-electron chi connectivity index (χ1n) is 17.2. The average Bonchev–Trinajstić information content (AvgIpc) is 3.22. The Morgan fingerprint density at radius 3 is 1.95 bits per heavy atom. The second-order valence-corrected chi connectivity index (χ2v) is 13.7. The van der Waals surface area contributed by atoms with Crippen molar-refractivity contribution in [1.29, 1.82) is 0 Å². The minimum atomic E-state index is -0.793. The first kappa shape index (κ1) is 36.9. The Hall–Kier alpha value is -7.44. The number of ketones is 2. The third-order valence-electron chi connectivity index (χ3n) is 8.88. The van der Waals surface area contributed by atoms with Gasteiger partial charge in [-0.3, -0.25) is 34.1 Å². The normalized spacial score (nSPS) is 12.5. The molecule has 56 heavy (non-hydrogen) atoms. The van der Waals surface area contributed by atoms with Gasteiger partial charge in [0.25, 0.3) is 17.5 Å². The van der Waals surface area contributed by atoms with E-state index in [2.05, 4.69) is 16.0 Å². The molecule has 12 heteroatoms. The van der Waals surface area contributed by atoms with Gasteiger partial charge in [-0.05, 0) is 60.2 Å². The summed E-state index contributed by atoms with van der Waals surface area (Å²) in [5.41, 5.74) is 2.13. The van der Waals surface area contributed by atoms with E-state index in [4.69, 9.17) is 0 Å². The molecule has 0 fully saturated rings. The fourth-order valence-electron chi connectivity index (χ4n) is 6.17. The molecule has 0 radical (unpaired) electrons. The number of nitrogens with one attached hydrogen (secondary N) is 3. The molecular formula is C44H30N4O7S. The zero-order valence-electron chi connectivity index (χ0n) is 29.3. The van der Waals surface area contributed by atoms with Crippen molar-refractivity contribution in [2.24, 2.45) is 0 Å². The molecule has 3 N–H and O–H groups in total. The van der Waals surface area contributed by atoms with Gasteiger partial charge in [-0.2, -0.15) is 0 Å². The van der Waals surface area contributed by atoms with Crippen molar-refractivity contribution in [3.8, 4) is 0 Å². The third kappa shape index (κ3) is 7.91. The van der Waals surface area contributed by atoms with E-state index >= 15 is 0 Å². The van der Waals surface area contributed by atoms with Crippen LogP contribution < -0.4 is 16.0 Å². The predicted molar refractivity (Wildman–Crippen MR) is 213 cm³/mol. The second-order valence-electron chi connectivity index (χ2n) is 12.5. The third-order valence-corrected chi connectivity index (χ3v) is 10.1. The number of carbonyl (C=O) groups excluding carboxylic acids is 5. The number of hydrogen-bond donors (Lipinski definition) is 3. The van der Waals surface area contributed by atoms with Crippen LogP contribution in [0.4, 0.5) is 17.1 Å². The number of para-hydroxylation sites is 1. The van der Waals surface area contributed by atoms with Crippen LogP contribution in [0, 0.1) is 10.1 Å². The lowest BCUT2D eigenvalue weighted by molar-refractivity contribution is -0.385. The minimum Gasteiger partial charge on any atom is -0.324 e. The average molecular weight is 759 g/mol. The number of carbonyl (C=O) groups is 5. The van der Waals surface area contributed by atoms with Gasteiger partial charge in [0.2, 0.25) is 5.91 Å². The van der Waals surface area contributed by atoms with E-state index in [1.807, 2.05) is 30.3 Å². The number of benzene rings is 6. The van der Waals surface area contributed by atoms with Gasteiger partial charge in [0, 0.05) is 38.9 Å². The smallest absolute Gasteiger partial charge is 0.276 e. The molecule has 3 amide bonds. The van der Waals surface area contributed by atoms with Crippen LogP contribution >= 0.6 is 11.8 Å². The van der Waals surface area contributed by atoms with Crippen molar-refractivity contribution in [3.05, 3.63) is 206 Å². The largest absolute Gasteiger partial charge is 0.324 e. The molecule has 6 aromatic carbocycles. The van der Waals surface area contributed by atoms with Gasteiger partial charge < -0.3 is 16.0 Å². The first-order chi connectivity index (χ1) is 27.2. The molecule has 0 saturated carbocycles.